The number of carbonyl (C=O) groups is 1. The Morgan fingerprint density at radius 2 is 2.00 bits per heavy atom. The van der Waals surface area contributed by atoms with Crippen molar-refractivity contribution in [3.63, 3.8) is 0 Å². The lowest BCUT2D eigenvalue weighted by Gasteiger charge is -2.29. The van der Waals surface area contributed by atoms with Crippen molar-refractivity contribution in [1.82, 2.24) is 5.32 Å². The molecule has 1 saturated carbocycles. The van der Waals surface area contributed by atoms with E-state index in [4.69, 9.17) is 0 Å². The van der Waals surface area contributed by atoms with Crippen LogP contribution >= 0.6 is 0 Å². The SMILES string of the molecule is C[C@H]1CCCC[C@@H]1NC(=O)c1cccc(N(C)C)c1. The van der Waals surface area contributed by atoms with Gasteiger partial charge in [0.05, 0.1) is 0 Å². The first-order valence-corrected chi connectivity index (χ1v) is 7.16. The molecule has 0 spiro atoms. The second-order valence-electron chi connectivity index (χ2n) is 5.79. The van der Waals surface area contributed by atoms with Gasteiger partial charge in [-0.25, -0.2) is 0 Å². The maximum Gasteiger partial charge on any atom is 0.251 e. The molecule has 104 valence electrons. The fourth-order valence-electron chi connectivity index (χ4n) is 2.71. The van der Waals surface area contributed by atoms with Gasteiger partial charge in [-0.05, 0) is 37.0 Å². The molecule has 0 heterocycles. The third kappa shape index (κ3) is 3.49. The molecule has 3 heteroatoms. The number of amides is 1. The van der Waals surface area contributed by atoms with Crippen molar-refractivity contribution in [2.24, 2.45) is 5.92 Å². The molecular weight excluding hydrogens is 236 g/mol. The monoisotopic (exact) mass is 260 g/mol. The number of benzene rings is 1. The van der Waals surface area contributed by atoms with Crippen molar-refractivity contribution in [1.29, 1.82) is 0 Å². The van der Waals surface area contributed by atoms with E-state index in [0.29, 0.717) is 12.0 Å². The molecule has 19 heavy (non-hydrogen) atoms. The van der Waals surface area contributed by atoms with Crippen LogP contribution in [0, 0.1) is 5.92 Å². The van der Waals surface area contributed by atoms with E-state index in [0.717, 1.165) is 17.7 Å². The summed E-state index contributed by atoms with van der Waals surface area (Å²) < 4.78 is 0. The maximum absolute atomic E-state index is 12.3. The van der Waals surface area contributed by atoms with E-state index >= 15 is 0 Å². The van der Waals surface area contributed by atoms with Crippen molar-refractivity contribution in [2.75, 3.05) is 19.0 Å². The molecule has 1 aliphatic carbocycles. The van der Waals surface area contributed by atoms with Gasteiger partial charge in [-0.3, -0.25) is 4.79 Å². The fraction of sp³-hybridized carbons (Fsp3) is 0.562. The summed E-state index contributed by atoms with van der Waals surface area (Å²) in [5.74, 6) is 0.650. The molecule has 0 bridgehead atoms. The Hall–Kier alpha value is -1.51. The minimum absolute atomic E-state index is 0.0578. The molecule has 1 fully saturated rings. The molecule has 0 unspecified atom stereocenters. The highest BCUT2D eigenvalue weighted by molar-refractivity contribution is 5.95. The van der Waals surface area contributed by atoms with E-state index in [1.165, 1.54) is 19.3 Å². The summed E-state index contributed by atoms with van der Waals surface area (Å²) in [5, 5.41) is 3.19. The normalized spacial score (nSPS) is 22.9. The van der Waals surface area contributed by atoms with Crippen LogP contribution < -0.4 is 10.2 Å². The Morgan fingerprint density at radius 3 is 2.68 bits per heavy atom. The van der Waals surface area contributed by atoms with Crippen molar-refractivity contribution in [3.05, 3.63) is 29.8 Å². The van der Waals surface area contributed by atoms with Gasteiger partial charge in [0.2, 0.25) is 0 Å². The van der Waals surface area contributed by atoms with E-state index in [-0.39, 0.29) is 5.91 Å². The summed E-state index contributed by atoms with van der Waals surface area (Å²) >= 11 is 0. The van der Waals surface area contributed by atoms with E-state index in [2.05, 4.69) is 12.2 Å². The smallest absolute Gasteiger partial charge is 0.251 e. The number of hydrogen-bond donors (Lipinski definition) is 1. The Morgan fingerprint density at radius 1 is 1.26 bits per heavy atom. The lowest BCUT2D eigenvalue weighted by Crippen LogP contribution is -2.41. The first-order valence-electron chi connectivity index (χ1n) is 7.16. The number of nitrogens with zero attached hydrogens (tertiary/aromatic N) is 1. The van der Waals surface area contributed by atoms with Gasteiger partial charge in [-0.2, -0.15) is 0 Å². The van der Waals surface area contributed by atoms with Crippen molar-refractivity contribution in [2.45, 2.75) is 38.6 Å². The number of hydrogen-bond acceptors (Lipinski definition) is 2. The Balaban J connectivity index is 2.05. The lowest BCUT2D eigenvalue weighted by atomic mass is 9.86. The highest BCUT2D eigenvalue weighted by Crippen LogP contribution is 2.24. The largest absolute Gasteiger partial charge is 0.378 e. The van der Waals surface area contributed by atoms with E-state index in [9.17, 15) is 4.79 Å². The third-order valence-corrected chi connectivity index (χ3v) is 4.05. The maximum atomic E-state index is 12.3. The molecule has 1 aliphatic rings. The highest BCUT2D eigenvalue weighted by Gasteiger charge is 2.23. The Labute approximate surface area is 116 Å². The van der Waals surface area contributed by atoms with Crippen LogP contribution in [0.3, 0.4) is 0 Å². The number of carbonyl (C=O) groups excluding carboxylic acids is 1. The molecule has 1 aromatic rings. The summed E-state index contributed by atoms with van der Waals surface area (Å²) in [4.78, 5) is 14.3. The molecular formula is C16H24N2O. The molecule has 3 nitrogen and oxygen atoms in total. The first kappa shape index (κ1) is 13.9. The van der Waals surface area contributed by atoms with Gasteiger partial charge in [-0.15, -0.1) is 0 Å². The zero-order chi connectivity index (χ0) is 13.8. The summed E-state index contributed by atoms with van der Waals surface area (Å²) in [6.07, 6.45) is 4.86. The van der Waals surface area contributed by atoms with Crippen LogP contribution in [0.2, 0.25) is 0 Å². The molecule has 1 N–H and O–H groups in total. The topological polar surface area (TPSA) is 32.3 Å². The predicted molar refractivity (Wildman–Crippen MR) is 79.7 cm³/mol. The van der Waals surface area contributed by atoms with Crippen LogP contribution in [-0.4, -0.2) is 26.0 Å². The predicted octanol–water partition coefficient (Wildman–Crippen LogP) is 3.06. The van der Waals surface area contributed by atoms with Crippen LogP contribution in [-0.2, 0) is 0 Å². The molecule has 2 atom stereocenters. The number of rotatable bonds is 3. The van der Waals surface area contributed by atoms with E-state index in [1.54, 1.807) is 0 Å². The highest BCUT2D eigenvalue weighted by atomic mass is 16.1. The van der Waals surface area contributed by atoms with Gasteiger partial charge in [0.25, 0.3) is 5.91 Å². The molecule has 0 aromatic heterocycles. The van der Waals surface area contributed by atoms with Crippen LogP contribution in [0.1, 0.15) is 43.0 Å². The van der Waals surface area contributed by atoms with Gasteiger partial charge in [0.15, 0.2) is 0 Å². The summed E-state index contributed by atoms with van der Waals surface area (Å²) in [5.41, 5.74) is 1.81. The second-order valence-corrected chi connectivity index (χ2v) is 5.79. The van der Waals surface area contributed by atoms with E-state index < -0.39 is 0 Å². The fourth-order valence-corrected chi connectivity index (χ4v) is 2.71. The van der Waals surface area contributed by atoms with Crippen molar-refractivity contribution in [3.8, 4) is 0 Å². The Kier molecular flexibility index (Phi) is 4.46. The van der Waals surface area contributed by atoms with Gasteiger partial charge in [-0.1, -0.05) is 25.8 Å². The molecule has 2 rings (SSSR count). The second kappa shape index (κ2) is 6.09. The van der Waals surface area contributed by atoms with Gasteiger partial charge in [0.1, 0.15) is 0 Å². The van der Waals surface area contributed by atoms with Crippen LogP contribution in [0.5, 0.6) is 0 Å². The van der Waals surface area contributed by atoms with E-state index in [1.807, 2.05) is 43.3 Å². The van der Waals surface area contributed by atoms with Gasteiger partial charge >= 0.3 is 0 Å². The first-order chi connectivity index (χ1) is 9.08. The summed E-state index contributed by atoms with van der Waals surface area (Å²) in [6, 6.07) is 8.12. The van der Waals surface area contributed by atoms with Crippen molar-refractivity contribution < 1.29 is 4.79 Å². The zero-order valence-electron chi connectivity index (χ0n) is 12.1. The lowest BCUT2D eigenvalue weighted by molar-refractivity contribution is 0.0910. The zero-order valence-corrected chi connectivity index (χ0v) is 12.1. The average molecular weight is 260 g/mol. The molecule has 1 amide bonds. The van der Waals surface area contributed by atoms with Crippen molar-refractivity contribution >= 4 is 11.6 Å². The molecule has 0 radical (unpaired) electrons. The minimum atomic E-state index is 0.0578. The Bertz CT molecular complexity index is 442. The molecule has 1 aromatic carbocycles. The summed E-state index contributed by atoms with van der Waals surface area (Å²) in [7, 11) is 3.97. The summed E-state index contributed by atoms with van der Waals surface area (Å²) in [6.45, 7) is 2.24. The van der Waals surface area contributed by atoms with Crippen LogP contribution in [0.15, 0.2) is 24.3 Å². The van der Waals surface area contributed by atoms with Gasteiger partial charge in [0, 0.05) is 31.4 Å². The average Bonchev–Trinajstić information content (AvgIpc) is 2.41. The van der Waals surface area contributed by atoms with Crippen LogP contribution in [0.25, 0.3) is 0 Å². The standard InChI is InChI=1S/C16H24N2O/c1-12-7-4-5-10-15(12)17-16(19)13-8-6-9-14(11-13)18(2)3/h6,8-9,11-12,15H,4-5,7,10H2,1-3H3,(H,17,19)/t12-,15-/m0/s1. The van der Waals surface area contributed by atoms with Gasteiger partial charge < -0.3 is 10.2 Å². The minimum Gasteiger partial charge on any atom is -0.378 e. The quantitative estimate of drug-likeness (QED) is 0.906. The number of anilines is 1. The molecule has 0 aliphatic heterocycles. The van der Waals surface area contributed by atoms with Crippen LogP contribution in [0.4, 0.5) is 5.69 Å². The molecule has 0 saturated heterocycles. The third-order valence-electron chi connectivity index (χ3n) is 4.05. The number of nitrogens with one attached hydrogen (secondary N) is 1.